The molecule has 7 nitrogen and oxygen atoms in total. The Kier molecular flexibility index (Phi) is 20.2. The summed E-state index contributed by atoms with van der Waals surface area (Å²) in [5.74, 6) is 1.61. The Balaban J connectivity index is 0.000000421. The largest absolute Gasteiger partial charge is 0.497 e. The summed E-state index contributed by atoms with van der Waals surface area (Å²) in [4.78, 5) is -0.778. The van der Waals surface area contributed by atoms with Gasteiger partial charge < -0.3 is 14.0 Å². The maximum Gasteiger partial charge on any atom is 0.119 e. The monoisotopic (exact) mass is 679 g/mol. The number of methoxy groups -OCH3 is 2. The third kappa shape index (κ3) is 15.0. The molecular weight excluding hydrogens is 625 g/mol. The Morgan fingerprint density at radius 2 is 0.826 bits per heavy atom. The molecule has 0 amide bonds. The average molecular weight is 681 g/mol. The zero-order chi connectivity index (χ0) is 34.5. The van der Waals surface area contributed by atoms with E-state index in [1.807, 2.05) is 78.9 Å². The van der Waals surface area contributed by atoms with E-state index in [4.69, 9.17) is 39.7 Å². The van der Waals surface area contributed by atoms with Crippen LogP contribution in [-0.2, 0) is 4.87 Å². The summed E-state index contributed by atoms with van der Waals surface area (Å²) < 4.78 is 45.9. The molecule has 3 aromatic carbocycles. The Hall–Kier alpha value is -2.36. The van der Waals surface area contributed by atoms with Crippen LogP contribution in [0.25, 0.3) is 0 Å². The number of unbranched alkanes of at least 4 members (excludes halogenated alkanes) is 4. The lowest BCUT2D eigenvalue weighted by atomic mass is 9.84. The number of benzene rings is 3. The fourth-order valence-electron chi connectivity index (χ4n) is 5.45. The van der Waals surface area contributed by atoms with Gasteiger partial charge in [-0.05, 0) is 66.6 Å². The summed E-state index contributed by atoms with van der Waals surface area (Å²) in [5.41, 5.74) is 2.99. The van der Waals surface area contributed by atoms with Crippen molar-refractivity contribution in [3.8, 4) is 11.5 Å². The second kappa shape index (κ2) is 22.3. The highest BCUT2D eigenvalue weighted by atomic mass is 35.7. The van der Waals surface area contributed by atoms with Crippen molar-refractivity contribution in [2.24, 2.45) is 0 Å². The second-order valence-corrected chi connectivity index (χ2v) is 12.8. The summed E-state index contributed by atoms with van der Waals surface area (Å²) in [6.07, 6.45) is 11.1. The van der Waals surface area contributed by atoms with E-state index in [-0.39, 0.29) is 0 Å². The van der Waals surface area contributed by atoms with Gasteiger partial charge in [0.2, 0.25) is 0 Å². The van der Waals surface area contributed by atoms with Crippen LogP contribution < -0.4 is 28.1 Å². The van der Waals surface area contributed by atoms with Gasteiger partial charge in [-0.2, -0.15) is 0 Å². The van der Waals surface area contributed by atoms with Crippen molar-refractivity contribution in [3.63, 3.8) is 0 Å². The van der Waals surface area contributed by atoms with Gasteiger partial charge in [0.25, 0.3) is 0 Å². The molecule has 0 heterocycles. The highest BCUT2D eigenvalue weighted by molar-refractivity contribution is 6.28. The molecule has 0 spiro atoms. The Labute approximate surface area is 285 Å². The molecule has 0 atom stereocenters. The first kappa shape index (κ1) is 41.7. The maximum absolute atomic E-state index is 8.49. The number of rotatable bonds is 17. The van der Waals surface area contributed by atoms with Crippen LogP contribution in [0.5, 0.6) is 11.5 Å². The predicted octanol–water partition coefficient (Wildman–Crippen LogP) is 5.48. The summed E-state index contributed by atoms with van der Waals surface area (Å²) in [5, 5.41) is 0. The molecule has 46 heavy (non-hydrogen) atoms. The van der Waals surface area contributed by atoms with Crippen LogP contribution in [0.4, 0.5) is 0 Å². The fraction of sp³-hybridized carbons (Fsp3) is 0.514. The Morgan fingerprint density at radius 3 is 1.09 bits per heavy atom. The molecule has 0 N–H and O–H groups in total. The van der Waals surface area contributed by atoms with Crippen molar-refractivity contribution in [2.75, 3.05) is 40.4 Å². The third-order valence-electron chi connectivity index (χ3n) is 8.09. The number of quaternary nitrogens is 1. The van der Waals surface area contributed by atoms with Crippen LogP contribution >= 0.6 is 11.6 Å². The van der Waals surface area contributed by atoms with E-state index in [2.05, 4.69) is 27.7 Å². The van der Waals surface area contributed by atoms with Crippen molar-refractivity contribution in [3.05, 3.63) is 95.6 Å². The van der Waals surface area contributed by atoms with Crippen molar-refractivity contribution >= 4 is 11.6 Å². The van der Waals surface area contributed by atoms with Crippen LogP contribution in [0.1, 0.15) is 95.8 Å². The van der Waals surface area contributed by atoms with Gasteiger partial charge in [-0.1, -0.05) is 108 Å². The lowest BCUT2D eigenvalue weighted by Crippen LogP contribution is -2.68. The number of halogens is 2. The van der Waals surface area contributed by atoms with Gasteiger partial charge in [-0.15, -0.1) is 21.8 Å². The van der Waals surface area contributed by atoms with E-state index >= 15 is 0 Å². The zero-order valence-electron chi connectivity index (χ0n) is 28.6. The molecule has 9 heteroatoms. The van der Waals surface area contributed by atoms with Crippen molar-refractivity contribution < 1.29 is 42.8 Å². The summed E-state index contributed by atoms with van der Waals surface area (Å²) in [6.45, 7) is 15.0. The molecule has 0 unspecified atom stereocenters. The molecule has 0 aromatic heterocycles. The zero-order valence-corrected chi connectivity index (χ0v) is 30.2. The van der Waals surface area contributed by atoms with Crippen molar-refractivity contribution in [1.82, 2.24) is 0 Å². The van der Waals surface area contributed by atoms with E-state index in [0.29, 0.717) is 0 Å². The van der Waals surface area contributed by atoms with E-state index in [9.17, 15) is 0 Å². The SMILES string of the molecule is CCCC[N+](CCCC)(CCCC)CCCC.COc1ccc(C(Cl)(c2ccccc2)c2ccc(OC)cc2)cc1.[O-][Cl+3]([O-])([O-])[O-]. The topological polar surface area (TPSA) is 111 Å². The normalized spacial score (nSPS) is 11.5. The van der Waals surface area contributed by atoms with Crippen LogP contribution in [-0.4, -0.2) is 44.9 Å². The summed E-state index contributed by atoms with van der Waals surface area (Å²) >= 11 is 7.22. The van der Waals surface area contributed by atoms with E-state index in [0.717, 1.165) is 28.2 Å². The van der Waals surface area contributed by atoms with Gasteiger partial charge in [0.15, 0.2) is 0 Å². The maximum atomic E-state index is 8.49. The van der Waals surface area contributed by atoms with Crippen LogP contribution in [0, 0.1) is 10.2 Å². The van der Waals surface area contributed by atoms with Gasteiger partial charge in [0.1, 0.15) is 16.4 Å². The molecule has 0 fully saturated rings. The highest BCUT2D eigenvalue weighted by Crippen LogP contribution is 2.43. The molecule has 258 valence electrons. The molecule has 0 saturated heterocycles. The summed E-state index contributed by atoms with van der Waals surface area (Å²) in [6, 6.07) is 25.8. The van der Waals surface area contributed by atoms with Crippen molar-refractivity contribution in [1.29, 1.82) is 0 Å². The van der Waals surface area contributed by atoms with Gasteiger partial charge in [0.05, 0.1) is 40.4 Å². The number of nitrogens with zero attached hydrogens (tertiary/aromatic N) is 1. The molecule has 0 aliphatic heterocycles. The van der Waals surface area contributed by atoms with Gasteiger partial charge in [-0.3, -0.25) is 0 Å². The van der Waals surface area contributed by atoms with Crippen LogP contribution in [0.2, 0.25) is 0 Å². The minimum atomic E-state index is -4.94. The van der Waals surface area contributed by atoms with Crippen molar-refractivity contribution in [2.45, 2.75) is 83.9 Å². The number of alkyl halides is 1. The Morgan fingerprint density at radius 1 is 0.543 bits per heavy atom. The first-order chi connectivity index (χ1) is 21.9. The van der Waals surface area contributed by atoms with Crippen LogP contribution in [0.3, 0.4) is 0 Å². The van der Waals surface area contributed by atoms with E-state index in [1.165, 1.54) is 82.0 Å². The van der Waals surface area contributed by atoms with Crippen LogP contribution in [0.15, 0.2) is 78.9 Å². The van der Waals surface area contributed by atoms with Gasteiger partial charge >= 0.3 is 0 Å². The minimum absolute atomic E-state index is 0.778. The molecule has 3 rings (SSSR count). The lowest BCUT2D eigenvalue weighted by molar-refractivity contribution is -2.00. The van der Waals surface area contributed by atoms with E-state index in [1.54, 1.807) is 14.2 Å². The molecule has 0 bridgehead atoms. The summed E-state index contributed by atoms with van der Waals surface area (Å²) in [7, 11) is -1.63. The standard InChI is InChI=1S/C21H19ClO2.C16H36N.ClHO4/c1-23-19-12-8-17(9-13-19)21(22,16-6-4-3-5-7-16)18-10-14-20(24-2)15-11-18;1-5-9-13-17(14-10-6-2,15-11-7-3)16-12-8-4;2-1(3,4)5/h3-15H,1-2H3;5-16H2,1-4H3;(H,2,3,4,5)/q;+1;/p-1. The predicted molar refractivity (Wildman–Crippen MR) is 178 cm³/mol. The lowest BCUT2D eigenvalue weighted by Gasteiger charge is -2.39. The number of hydrogen-bond acceptors (Lipinski definition) is 6. The Bertz CT molecular complexity index is 1080. The van der Waals surface area contributed by atoms with Gasteiger partial charge in [0, 0.05) is 0 Å². The molecule has 3 aromatic rings. The van der Waals surface area contributed by atoms with Gasteiger partial charge in [-0.25, -0.2) is 18.6 Å². The first-order valence-electron chi connectivity index (χ1n) is 16.4. The first-order valence-corrected chi connectivity index (χ1v) is 18.0. The molecular formula is C37H55Cl2NO6. The number of hydrogen-bond donors (Lipinski definition) is 0. The molecule has 0 aliphatic carbocycles. The molecule has 0 aliphatic rings. The quantitative estimate of drug-likeness (QED) is 0.106. The fourth-order valence-corrected chi connectivity index (χ4v) is 5.83. The molecule has 0 radical (unpaired) electrons. The highest BCUT2D eigenvalue weighted by Gasteiger charge is 2.34. The molecule has 0 saturated carbocycles. The average Bonchev–Trinajstić information content (AvgIpc) is 3.07. The van der Waals surface area contributed by atoms with E-state index < -0.39 is 15.1 Å². The minimum Gasteiger partial charge on any atom is -0.497 e. The second-order valence-electron chi connectivity index (χ2n) is 11.5. The third-order valence-corrected chi connectivity index (χ3v) is 8.75. The number of ether oxygens (including phenoxy) is 2. The smallest absolute Gasteiger partial charge is 0.119 e.